The van der Waals surface area contributed by atoms with Gasteiger partial charge in [0.05, 0.1) is 6.61 Å². The molecule has 31 heavy (non-hydrogen) atoms. The van der Waals surface area contributed by atoms with Crippen molar-refractivity contribution < 1.29 is 9.15 Å². The van der Waals surface area contributed by atoms with Gasteiger partial charge in [0.2, 0.25) is 4.96 Å². The molecule has 0 N–H and O–H groups in total. The monoisotopic (exact) mass is 493 g/mol. The third-order valence-electron chi connectivity index (χ3n) is 4.63. The van der Waals surface area contributed by atoms with Crippen molar-refractivity contribution in [3.63, 3.8) is 0 Å². The second kappa shape index (κ2) is 8.13. The Kier molecular flexibility index (Phi) is 5.17. The molecule has 0 aliphatic heterocycles. The Labute approximate surface area is 189 Å². The number of benzene rings is 2. The molecule has 0 aliphatic carbocycles. The first-order valence-electron chi connectivity index (χ1n) is 9.61. The van der Waals surface area contributed by atoms with Crippen LogP contribution in [0.25, 0.3) is 33.7 Å². The Bertz CT molecular complexity index is 1470. The molecule has 0 saturated carbocycles. The highest BCUT2D eigenvalue weighted by Gasteiger charge is 2.13. The first-order chi connectivity index (χ1) is 15.1. The number of rotatable bonds is 5. The number of hydrogen-bond acceptors (Lipinski definition) is 6. The molecule has 0 bridgehead atoms. The van der Waals surface area contributed by atoms with Gasteiger partial charge in [-0.3, -0.25) is 4.79 Å². The van der Waals surface area contributed by atoms with Gasteiger partial charge in [-0.15, -0.1) is 5.10 Å². The third kappa shape index (κ3) is 3.92. The molecular formula is C23H16BrN3O3S. The molecule has 0 fully saturated rings. The molecule has 0 atom stereocenters. The van der Waals surface area contributed by atoms with E-state index in [0.717, 1.165) is 27.1 Å². The first-order valence-corrected chi connectivity index (χ1v) is 11.2. The van der Waals surface area contributed by atoms with Crippen LogP contribution < -0.4 is 14.8 Å². The van der Waals surface area contributed by atoms with E-state index in [2.05, 4.69) is 26.0 Å². The average Bonchev–Trinajstić information content (AvgIpc) is 3.47. The maximum absolute atomic E-state index is 12.8. The Hall–Kier alpha value is -3.23. The molecule has 0 aliphatic rings. The van der Waals surface area contributed by atoms with Crippen LogP contribution in [0, 0.1) is 0 Å². The first kappa shape index (κ1) is 19.7. The summed E-state index contributed by atoms with van der Waals surface area (Å²) < 4.78 is 14.2. The van der Waals surface area contributed by atoms with Crippen LogP contribution in [0.2, 0.25) is 0 Å². The highest BCUT2D eigenvalue weighted by Crippen LogP contribution is 2.24. The van der Waals surface area contributed by atoms with Gasteiger partial charge in [0.15, 0.2) is 5.82 Å². The second-order valence-electron chi connectivity index (χ2n) is 6.71. The van der Waals surface area contributed by atoms with Crippen molar-refractivity contribution in [3.05, 3.63) is 85.8 Å². The fraction of sp³-hybridized carbons (Fsp3) is 0.0870. The normalized spacial score (nSPS) is 12.0. The SMILES string of the molecule is CCOc1ccc(-c2nc3sc(=Cc4ccc(-c5ccc(Br)cc5)o4)c(=O)n3n2)cc1. The Balaban J connectivity index is 1.46. The molecule has 8 heteroatoms. The van der Waals surface area contributed by atoms with E-state index in [0.29, 0.717) is 27.7 Å². The molecule has 5 aromatic rings. The largest absolute Gasteiger partial charge is 0.494 e. The van der Waals surface area contributed by atoms with Gasteiger partial charge in [0.25, 0.3) is 5.56 Å². The number of ether oxygens (including phenoxy) is 1. The summed E-state index contributed by atoms with van der Waals surface area (Å²) in [5.41, 5.74) is 1.58. The Morgan fingerprint density at radius 2 is 1.81 bits per heavy atom. The minimum absolute atomic E-state index is 0.216. The van der Waals surface area contributed by atoms with Gasteiger partial charge in [0.1, 0.15) is 21.8 Å². The summed E-state index contributed by atoms with van der Waals surface area (Å²) >= 11 is 4.71. The van der Waals surface area contributed by atoms with E-state index >= 15 is 0 Å². The molecule has 3 heterocycles. The van der Waals surface area contributed by atoms with E-state index in [1.165, 1.54) is 15.9 Å². The molecule has 154 valence electrons. The number of halogens is 1. The molecule has 2 aromatic carbocycles. The van der Waals surface area contributed by atoms with Gasteiger partial charge in [-0.2, -0.15) is 9.50 Å². The van der Waals surface area contributed by atoms with Crippen molar-refractivity contribution in [1.82, 2.24) is 14.6 Å². The number of furan rings is 1. The summed E-state index contributed by atoms with van der Waals surface area (Å²) in [6.07, 6.45) is 1.72. The fourth-order valence-corrected chi connectivity index (χ4v) is 4.30. The van der Waals surface area contributed by atoms with Gasteiger partial charge < -0.3 is 9.15 Å². The van der Waals surface area contributed by atoms with Crippen LogP contribution in [0.1, 0.15) is 12.7 Å². The Morgan fingerprint density at radius 3 is 2.52 bits per heavy atom. The molecule has 5 rings (SSSR count). The topological polar surface area (TPSA) is 69.6 Å². The average molecular weight is 494 g/mol. The van der Waals surface area contributed by atoms with Crippen LogP contribution in [-0.2, 0) is 0 Å². The van der Waals surface area contributed by atoms with E-state index in [-0.39, 0.29) is 5.56 Å². The summed E-state index contributed by atoms with van der Waals surface area (Å²) in [5, 5.41) is 4.39. The zero-order chi connectivity index (χ0) is 21.4. The zero-order valence-electron chi connectivity index (χ0n) is 16.4. The molecule has 0 saturated heterocycles. The predicted octanol–water partition coefficient (Wildman–Crippen LogP) is 4.79. The van der Waals surface area contributed by atoms with Crippen LogP contribution in [-0.4, -0.2) is 21.2 Å². The summed E-state index contributed by atoms with van der Waals surface area (Å²) in [5.74, 6) is 2.64. The highest BCUT2D eigenvalue weighted by atomic mass is 79.9. The number of fused-ring (bicyclic) bond motifs is 1. The van der Waals surface area contributed by atoms with Crippen LogP contribution in [0.15, 0.2) is 74.3 Å². The maximum Gasteiger partial charge on any atom is 0.291 e. The summed E-state index contributed by atoms with van der Waals surface area (Å²) in [7, 11) is 0. The van der Waals surface area contributed by atoms with Crippen molar-refractivity contribution in [1.29, 1.82) is 0 Å². The van der Waals surface area contributed by atoms with E-state index < -0.39 is 0 Å². The molecule has 6 nitrogen and oxygen atoms in total. The number of hydrogen-bond donors (Lipinski definition) is 0. The molecule has 0 amide bonds. The van der Waals surface area contributed by atoms with Crippen molar-refractivity contribution in [2.75, 3.05) is 6.61 Å². The second-order valence-corrected chi connectivity index (χ2v) is 8.64. The highest BCUT2D eigenvalue weighted by molar-refractivity contribution is 9.10. The van der Waals surface area contributed by atoms with Crippen LogP contribution >= 0.6 is 27.3 Å². The lowest BCUT2D eigenvalue weighted by molar-refractivity contribution is 0.340. The van der Waals surface area contributed by atoms with Gasteiger partial charge >= 0.3 is 0 Å². The minimum atomic E-state index is -0.216. The van der Waals surface area contributed by atoms with Crippen molar-refractivity contribution in [3.8, 4) is 28.5 Å². The molecule has 0 radical (unpaired) electrons. The lowest BCUT2D eigenvalue weighted by Crippen LogP contribution is -2.23. The molecule has 3 aromatic heterocycles. The van der Waals surface area contributed by atoms with Crippen molar-refractivity contribution in [2.24, 2.45) is 0 Å². The molecular weight excluding hydrogens is 478 g/mol. The van der Waals surface area contributed by atoms with Crippen LogP contribution in [0.5, 0.6) is 5.75 Å². The fourth-order valence-electron chi connectivity index (χ4n) is 3.15. The third-order valence-corrected chi connectivity index (χ3v) is 6.12. The van der Waals surface area contributed by atoms with Gasteiger partial charge in [-0.1, -0.05) is 39.4 Å². The van der Waals surface area contributed by atoms with Crippen molar-refractivity contribution in [2.45, 2.75) is 6.92 Å². The number of nitrogens with zero attached hydrogens (tertiary/aromatic N) is 3. The van der Waals surface area contributed by atoms with Gasteiger partial charge in [-0.25, -0.2) is 0 Å². The lowest BCUT2D eigenvalue weighted by Gasteiger charge is -2.02. The summed E-state index contributed by atoms with van der Waals surface area (Å²) in [6.45, 7) is 2.55. The van der Waals surface area contributed by atoms with Gasteiger partial charge in [-0.05, 0) is 55.5 Å². The minimum Gasteiger partial charge on any atom is -0.494 e. The van der Waals surface area contributed by atoms with E-state index in [1.54, 1.807) is 6.08 Å². The van der Waals surface area contributed by atoms with E-state index in [4.69, 9.17) is 9.15 Å². The van der Waals surface area contributed by atoms with Crippen LogP contribution in [0.4, 0.5) is 0 Å². The zero-order valence-corrected chi connectivity index (χ0v) is 18.8. The molecule has 0 unspecified atom stereocenters. The smallest absolute Gasteiger partial charge is 0.291 e. The van der Waals surface area contributed by atoms with Gasteiger partial charge in [0, 0.05) is 21.7 Å². The summed E-state index contributed by atoms with van der Waals surface area (Å²) in [4.78, 5) is 17.9. The Morgan fingerprint density at radius 1 is 1.06 bits per heavy atom. The predicted molar refractivity (Wildman–Crippen MR) is 124 cm³/mol. The lowest BCUT2D eigenvalue weighted by atomic mass is 10.2. The molecule has 0 spiro atoms. The van der Waals surface area contributed by atoms with E-state index in [9.17, 15) is 4.79 Å². The number of aromatic nitrogens is 3. The maximum atomic E-state index is 12.8. The van der Waals surface area contributed by atoms with Crippen LogP contribution in [0.3, 0.4) is 0 Å². The number of thiazole rings is 1. The van der Waals surface area contributed by atoms with E-state index in [1.807, 2.05) is 67.6 Å². The van der Waals surface area contributed by atoms with Crippen molar-refractivity contribution >= 4 is 38.3 Å². The summed E-state index contributed by atoms with van der Waals surface area (Å²) in [6, 6.07) is 19.1. The quantitative estimate of drug-likeness (QED) is 0.352. The standard InChI is InChI=1S/C23H16BrN3O3S/c1-2-29-17-9-5-15(6-10-17)21-25-23-27(26-21)22(28)20(31-23)13-18-11-12-19(30-18)14-3-7-16(24)8-4-14/h3-13H,2H2,1H3.